The molecule has 0 N–H and O–H groups in total. The summed E-state index contributed by atoms with van der Waals surface area (Å²) in [5, 5.41) is 9.53. The molecule has 0 amide bonds. The van der Waals surface area contributed by atoms with Crippen LogP contribution in [0.2, 0.25) is 0 Å². The quantitative estimate of drug-likeness (QED) is 0.174. The molecule has 0 saturated carbocycles. The minimum absolute atomic E-state index is 0.640. The molecular formula is C56H34N4S. The Kier molecular flexibility index (Phi) is 7.44. The van der Waals surface area contributed by atoms with E-state index >= 15 is 0 Å². The van der Waals surface area contributed by atoms with Gasteiger partial charge in [-0.3, -0.25) is 4.57 Å². The van der Waals surface area contributed by atoms with Gasteiger partial charge >= 0.3 is 0 Å². The molecule has 9 aromatic carbocycles. The van der Waals surface area contributed by atoms with Crippen molar-refractivity contribution >= 4 is 85.9 Å². The van der Waals surface area contributed by atoms with Crippen LogP contribution in [0.4, 0.5) is 0 Å². The first-order valence-electron chi connectivity index (χ1n) is 20.7. The van der Waals surface area contributed by atoms with Crippen LogP contribution in [0.1, 0.15) is 0 Å². The number of rotatable bonds is 5. The van der Waals surface area contributed by atoms with E-state index in [-0.39, 0.29) is 0 Å². The van der Waals surface area contributed by atoms with Gasteiger partial charge in [0.25, 0.3) is 0 Å². The fraction of sp³-hybridized carbons (Fsp3) is 0. The molecular weight excluding hydrogens is 761 g/mol. The van der Waals surface area contributed by atoms with Gasteiger partial charge < -0.3 is 4.57 Å². The largest absolute Gasteiger partial charge is 0.309 e. The van der Waals surface area contributed by atoms with Crippen molar-refractivity contribution in [3.63, 3.8) is 0 Å². The summed E-state index contributed by atoms with van der Waals surface area (Å²) in [6, 6.07) is 74.3. The molecule has 0 spiro atoms. The third-order valence-corrected chi connectivity index (χ3v) is 13.5. The van der Waals surface area contributed by atoms with Crippen molar-refractivity contribution in [3.8, 4) is 45.3 Å². The van der Waals surface area contributed by atoms with Gasteiger partial charge in [-0.15, -0.1) is 11.3 Å². The number of thiophene rings is 1. The van der Waals surface area contributed by atoms with Gasteiger partial charge in [0, 0.05) is 47.6 Å². The highest BCUT2D eigenvalue weighted by Crippen LogP contribution is 2.43. The first-order valence-corrected chi connectivity index (χ1v) is 21.5. The molecule has 0 fully saturated rings. The summed E-state index contributed by atoms with van der Waals surface area (Å²) in [6.07, 6.45) is 0. The van der Waals surface area contributed by atoms with Crippen LogP contribution in [0.25, 0.3) is 120 Å². The van der Waals surface area contributed by atoms with Crippen molar-refractivity contribution < 1.29 is 0 Å². The van der Waals surface area contributed by atoms with E-state index in [1.165, 1.54) is 52.8 Å². The topological polar surface area (TPSA) is 35.6 Å². The minimum Gasteiger partial charge on any atom is -0.309 e. The van der Waals surface area contributed by atoms with Gasteiger partial charge in [0.2, 0.25) is 5.95 Å². The Morgan fingerprint density at radius 3 is 1.84 bits per heavy atom. The van der Waals surface area contributed by atoms with Crippen LogP contribution in [0.5, 0.6) is 0 Å². The van der Waals surface area contributed by atoms with Gasteiger partial charge in [-0.1, -0.05) is 146 Å². The molecule has 0 aliphatic heterocycles. The lowest BCUT2D eigenvalue weighted by molar-refractivity contribution is 1.01. The second-order valence-electron chi connectivity index (χ2n) is 15.8. The maximum Gasteiger partial charge on any atom is 0.235 e. The molecule has 0 aliphatic carbocycles. The highest BCUT2D eigenvalue weighted by molar-refractivity contribution is 7.25. The van der Waals surface area contributed by atoms with Gasteiger partial charge in [-0.2, -0.15) is 0 Å². The average molecular weight is 795 g/mol. The smallest absolute Gasteiger partial charge is 0.235 e. The second-order valence-corrected chi connectivity index (χ2v) is 16.8. The van der Waals surface area contributed by atoms with E-state index < -0.39 is 0 Å². The summed E-state index contributed by atoms with van der Waals surface area (Å²) >= 11 is 1.85. The van der Waals surface area contributed by atoms with Crippen molar-refractivity contribution in [1.29, 1.82) is 0 Å². The predicted octanol–water partition coefficient (Wildman–Crippen LogP) is 15.2. The molecule has 0 saturated heterocycles. The van der Waals surface area contributed by atoms with Gasteiger partial charge in [0.1, 0.15) is 0 Å². The fourth-order valence-corrected chi connectivity index (χ4v) is 10.7. The summed E-state index contributed by atoms with van der Waals surface area (Å²) in [5.41, 5.74) is 11.8. The van der Waals surface area contributed by atoms with Crippen LogP contribution in [0.3, 0.4) is 0 Å². The number of hydrogen-bond acceptors (Lipinski definition) is 3. The third-order valence-electron chi connectivity index (χ3n) is 12.3. The standard InChI is InChI=1S/C56H34N4S/c1-4-15-36(16-5-1)49-34-40-24-28-46-53(55(40)59(49)41-19-8-3-9-20-41)54(37-17-6-2-7-18-37)58-56(57-46)60-47-29-26-38(33-45(47)52-42-21-11-10-14-35(42)25-30-48(52)60)39-27-31-51-44(32-39)43-22-12-13-23-50(43)61-51/h1-34H. The third kappa shape index (κ3) is 5.24. The Labute approximate surface area is 354 Å². The van der Waals surface area contributed by atoms with Crippen LogP contribution >= 0.6 is 11.3 Å². The molecule has 0 aliphatic rings. The molecule has 13 aromatic rings. The molecule has 5 heteroatoms. The Morgan fingerprint density at radius 1 is 0.377 bits per heavy atom. The SMILES string of the molecule is c1ccc(-c2nc(-n3c4ccc(-c5ccc6sc7ccccc7c6c5)cc4c4c5ccccc5ccc43)nc3ccc4cc(-c5ccccc5)n(-c5ccccc5)c4c23)cc1. The van der Waals surface area contributed by atoms with Crippen molar-refractivity contribution in [2.24, 2.45) is 0 Å². The summed E-state index contributed by atoms with van der Waals surface area (Å²) in [6.45, 7) is 0. The van der Waals surface area contributed by atoms with Crippen molar-refractivity contribution in [2.75, 3.05) is 0 Å². The number of nitrogens with zero attached hydrogens (tertiary/aromatic N) is 4. The van der Waals surface area contributed by atoms with Crippen molar-refractivity contribution in [3.05, 3.63) is 206 Å². The van der Waals surface area contributed by atoms with E-state index in [4.69, 9.17) is 9.97 Å². The molecule has 4 aromatic heterocycles. The van der Waals surface area contributed by atoms with E-state index in [2.05, 4.69) is 215 Å². The van der Waals surface area contributed by atoms with Crippen molar-refractivity contribution in [1.82, 2.24) is 19.1 Å². The van der Waals surface area contributed by atoms with Crippen LogP contribution in [-0.4, -0.2) is 19.1 Å². The van der Waals surface area contributed by atoms with E-state index in [1.54, 1.807) is 0 Å². The van der Waals surface area contributed by atoms with Gasteiger partial charge in [0.05, 0.1) is 38.8 Å². The maximum atomic E-state index is 5.64. The fourth-order valence-electron chi connectivity index (χ4n) is 9.56. The molecule has 0 unspecified atom stereocenters. The molecule has 61 heavy (non-hydrogen) atoms. The molecule has 0 atom stereocenters. The number of aromatic nitrogens is 4. The first kappa shape index (κ1) is 34.0. The highest BCUT2D eigenvalue weighted by atomic mass is 32.1. The summed E-state index contributed by atoms with van der Waals surface area (Å²) < 4.78 is 7.28. The number of hydrogen-bond donors (Lipinski definition) is 0. The molecule has 0 radical (unpaired) electrons. The van der Waals surface area contributed by atoms with Crippen molar-refractivity contribution in [2.45, 2.75) is 0 Å². The van der Waals surface area contributed by atoms with E-state index in [1.807, 2.05) is 11.3 Å². The molecule has 284 valence electrons. The first-order chi connectivity index (χ1) is 30.2. The number of para-hydroxylation sites is 1. The number of benzene rings is 9. The van der Waals surface area contributed by atoms with E-state index in [0.29, 0.717) is 5.95 Å². The number of fused-ring (bicyclic) bond motifs is 11. The Hall–Kier alpha value is -7.86. The van der Waals surface area contributed by atoms with Gasteiger partial charge in [-0.05, 0) is 88.1 Å². The molecule has 4 heterocycles. The summed E-state index contributed by atoms with van der Waals surface area (Å²) in [5.74, 6) is 0.640. The van der Waals surface area contributed by atoms with Gasteiger partial charge in [0.15, 0.2) is 0 Å². The lowest BCUT2D eigenvalue weighted by atomic mass is 9.99. The molecule has 0 bridgehead atoms. The Balaban J connectivity index is 1.11. The zero-order valence-corrected chi connectivity index (χ0v) is 33.6. The average Bonchev–Trinajstić information content (AvgIpc) is 4.02. The Morgan fingerprint density at radius 2 is 1.02 bits per heavy atom. The van der Waals surface area contributed by atoms with Crippen LogP contribution < -0.4 is 0 Å². The van der Waals surface area contributed by atoms with Crippen LogP contribution in [0, 0.1) is 0 Å². The lowest BCUT2D eigenvalue weighted by Gasteiger charge is -2.16. The summed E-state index contributed by atoms with van der Waals surface area (Å²) in [7, 11) is 0. The highest BCUT2D eigenvalue weighted by Gasteiger charge is 2.23. The zero-order chi connectivity index (χ0) is 40.0. The molecule has 4 nitrogen and oxygen atoms in total. The van der Waals surface area contributed by atoms with E-state index in [0.717, 1.165) is 61.0 Å². The zero-order valence-electron chi connectivity index (χ0n) is 32.8. The van der Waals surface area contributed by atoms with Gasteiger partial charge in [-0.25, -0.2) is 9.97 Å². The Bertz CT molecular complexity index is 3860. The minimum atomic E-state index is 0.640. The van der Waals surface area contributed by atoms with E-state index in [9.17, 15) is 0 Å². The van der Waals surface area contributed by atoms with Crippen LogP contribution in [0.15, 0.2) is 206 Å². The molecule has 13 rings (SSSR count). The van der Waals surface area contributed by atoms with Crippen LogP contribution in [-0.2, 0) is 0 Å². The predicted molar refractivity (Wildman–Crippen MR) is 257 cm³/mol. The normalized spacial score (nSPS) is 11.9. The second kappa shape index (κ2) is 13.3. The monoisotopic (exact) mass is 794 g/mol. The summed E-state index contributed by atoms with van der Waals surface area (Å²) in [4.78, 5) is 11.2. The maximum absolute atomic E-state index is 5.64. The lowest BCUT2D eigenvalue weighted by Crippen LogP contribution is -2.05.